The standard InChI is InChI=1S/C63H47N/c1-4-16-44(17-5-1)46-30-33-53(34-31-46)63(52-21-8-3-9-22-52)59-42-50(61-26-14-15-37-64-61)32-36-58(59)62-57-25-13-12-24-55(57)49(41-60(62)63)29-28-47(45-18-6-2-7-19-45)38-43-27-35-56-51(39-43)40-48-20-10-11-23-54(48)56/h1-27,30-37,39,41-42,47H,28-29,38,40H2. The Kier molecular flexibility index (Phi) is 9.49. The Bertz CT molecular complexity index is 3300. The highest BCUT2D eigenvalue weighted by atomic mass is 14.7. The third-order valence-corrected chi connectivity index (χ3v) is 14.2. The molecule has 2 aliphatic rings. The molecule has 9 aromatic carbocycles. The molecule has 0 N–H and O–H groups in total. The molecular weight excluding hydrogens is 771 g/mol. The first-order valence-corrected chi connectivity index (χ1v) is 22.8. The first-order valence-electron chi connectivity index (χ1n) is 22.8. The molecule has 1 heteroatoms. The fraction of sp³-hybridized carbons (Fsp3) is 0.0952. The van der Waals surface area contributed by atoms with Gasteiger partial charge in [0, 0.05) is 11.8 Å². The second kappa shape index (κ2) is 15.9. The van der Waals surface area contributed by atoms with E-state index in [4.69, 9.17) is 4.98 Å². The van der Waals surface area contributed by atoms with Crippen molar-refractivity contribution in [2.24, 2.45) is 0 Å². The highest BCUT2D eigenvalue weighted by molar-refractivity contribution is 6.06. The smallest absolute Gasteiger partial charge is 0.0714 e. The maximum absolute atomic E-state index is 4.85. The minimum atomic E-state index is -0.578. The van der Waals surface area contributed by atoms with Crippen LogP contribution < -0.4 is 0 Å². The van der Waals surface area contributed by atoms with Crippen LogP contribution in [-0.4, -0.2) is 4.98 Å². The van der Waals surface area contributed by atoms with Gasteiger partial charge in [-0.25, -0.2) is 0 Å². The van der Waals surface area contributed by atoms with Gasteiger partial charge >= 0.3 is 0 Å². The van der Waals surface area contributed by atoms with Crippen molar-refractivity contribution in [2.45, 2.75) is 37.0 Å². The maximum atomic E-state index is 4.85. The van der Waals surface area contributed by atoms with Crippen LogP contribution in [0.15, 0.2) is 231 Å². The summed E-state index contributed by atoms with van der Waals surface area (Å²) in [5.74, 6) is 0.359. The molecule has 10 aromatic rings. The Hall–Kier alpha value is -7.61. The second-order valence-corrected chi connectivity index (χ2v) is 17.7. The average molecular weight is 818 g/mol. The number of hydrogen-bond acceptors (Lipinski definition) is 1. The molecule has 0 radical (unpaired) electrons. The molecule has 0 saturated heterocycles. The summed E-state index contributed by atoms with van der Waals surface area (Å²) in [5.41, 5.74) is 21.7. The zero-order valence-corrected chi connectivity index (χ0v) is 35.8. The quantitative estimate of drug-likeness (QED) is 0.134. The number of fused-ring (bicyclic) bond motifs is 8. The first kappa shape index (κ1) is 38.1. The number of rotatable bonds is 10. The van der Waals surface area contributed by atoms with E-state index in [9.17, 15) is 0 Å². The van der Waals surface area contributed by atoms with Crippen LogP contribution in [-0.2, 0) is 24.7 Å². The van der Waals surface area contributed by atoms with Gasteiger partial charge < -0.3 is 0 Å². The molecule has 1 heterocycles. The molecule has 0 fully saturated rings. The second-order valence-electron chi connectivity index (χ2n) is 17.7. The van der Waals surface area contributed by atoms with Gasteiger partial charge in [0.2, 0.25) is 0 Å². The SMILES string of the molecule is c1ccc(-c2ccc(C3(c4ccccc4)c4cc(-c5ccccn5)ccc4-c4c3cc(CCC(Cc3ccc5c(c3)Cc3ccccc3-5)c3ccccc3)c3ccccc43)cc2)cc1. The van der Waals surface area contributed by atoms with Gasteiger partial charge in [-0.1, -0.05) is 206 Å². The topological polar surface area (TPSA) is 12.9 Å². The van der Waals surface area contributed by atoms with Crippen molar-refractivity contribution in [1.82, 2.24) is 4.98 Å². The number of aryl methyl sites for hydroxylation is 1. The van der Waals surface area contributed by atoms with E-state index in [0.29, 0.717) is 5.92 Å². The third-order valence-electron chi connectivity index (χ3n) is 14.2. The lowest BCUT2D eigenvalue weighted by atomic mass is 9.67. The Morgan fingerprint density at radius 3 is 1.89 bits per heavy atom. The number of benzene rings is 9. The molecular formula is C63H47N. The lowest BCUT2D eigenvalue weighted by Crippen LogP contribution is -2.28. The lowest BCUT2D eigenvalue weighted by Gasteiger charge is -2.34. The van der Waals surface area contributed by atoms with Crippen molar-refractivity contribution in [1.29, 1.82) is 0 Å². The van der Waals surface area contributed by atoms with E-state index < -0.39 is 5.41 Å². The molecule has 2 aliphatic carbocycles. The van der Waals surface area contributed by atoms with E-state index in [0.717, 1.165) is 36.9 Å². The van der Waals surface area contributed by atoms with Crippen LogP contribution in [0.5, 0.6) is 0 Å². The summed E-state index contributed by atoms with van der Waals surface area (Å²) in [6, 6.07) is 83.8. The zero-order chi connectivity index (χ0) is 42.5. The van der Waals surface area contributed by atoms with E-state index in [2.05, 4.69) is 218 Å². The van der Waals surface area contributed by atoms with E-state index in [1.807, 2.05) is 12.3 Å². The molecule has 0 bridgehead atoms. The molecule has 0 amide bonds. The number of aromatic nitrogens is 1. The summed E-state index contributed by atoms with van der Waals surface area (Å²) in [7, 11) is 0. The van der Waals surface area contributed by atoms with Gasteiger partial charge in [0.05, 0.1) is 11.1 Å². The van der Waals surface area contributed by atoms with Gasteiger partial charge in [0.25, 0.3) is 0 Å². The molecule has 2 atom stereocenters. The Balaban J connectivity index is 1.02. The molecule has 0 saturated carbocycles. The molecule has 0 spiro atoms. The van der Waals surface area contributed by atoms with Crippen LogP contribution in [0.25, 0.3) is 55.4 Å². The third kappa shape index (κ3) is 6.42. The van der Waals surface area contributed by atoms with Gasteiger partial charge in [-0.2, -0.15) is 0 Å². The molecule has 64 heavy (non-hydrogen) atoms. The highest BCUT2D eigenvalue weighted by Gasteiger charge is 2.47. The van der Waals surface area contributed by atoms with Crippen molar-refractivity contribution in [3.8, 4) is 44.6 Å². The average Bonchev–Trinajstić information content (AvgIpc) is 3.89. The first-order chi connectivity index (χ1) is 31.7. The number of pyridine rings is 1. The normalized spacial score (nSPS) is 15.0. The van der Waals surface area contributed by atoms with E-state index in [1.165, 1.54) is 94.2 Å². The van der Waals surface area contributed by atoms with Crippen molar-refractivity contribution in [3.05, 3.63) is 281 Å². The van der Waals surface area contributed by atoms with Crippen LogP contribution in [0.4, 0.5) is 0 Å². The fourth-order valence-corrected chi connectivity index (χ4v) is 11.2. The summed E-state index contributed by atoms with van der Waals surface area (Å²) in [6.07, 6.45) is 5.90. The highest BCUT2D eigenvalue weighted by Crippen LogP contribution is 2.59. The minimum Gasteiger partial charge on any atom is -0.256 e. The van der Waals surface area contributed by atoms with E-state index >= 15 is 0 Å². The Labute approximate surface area is 376 Å². The Morgan fingerprint density at radius 1 is 0.453 bits per heavy atom. The van der Waals surface area contributed by atoms with Crippen molar-refractivity contribution >= 4 is 10.8 Å². The summed E-state index contributed by atoms with van der Waals surface area (Å²) >= 11 is 0. The van der Waals surface area contributed by atoms with Crippen LogP contribution in [0.1, 0.15) is 62.4 Å². The molecule has 1 aromatic heterocycles. The Morgan fingerprint density at radius 2 is 1.09 bits per heavy atom. The number of nitrogens with zero attached hydrogens (tertiary/aromatic N) is 1. The van der Waals surface area contributed by atoms with Gasteiger partial charge in [-0.05, 0) is 144 Å². The van der Waals surface area contributed by atoms with Gasteiger partial charge in [0.15, 0.2) is 0 Å². The van der Waals surface area contributed by atoms with Crippen LogP contribution in [0, 0.1) is 0 Å². The molecule has 304 valence electrons. The van der Waals surface area contributed by atoms with Crippen molar-refractivity contribution in [3.63, 3.8) is 0 Å². The molecule has 2 unspecified atom stereocenters. The van der Waals surface area contributed by atoms with Gasteiger partial charge in [-0.3, -0.25) is 4.98 Å². The fourth-order valence-electron chi connectivity index (χ4n) is 11.2. The summed E-state index contributed by atoms with van der Waals surface area (Å²) in [6.45, 7) is 0. The van der Waals surface area contributed by atoms with Crippen LogP contribution >= 0.6 is 0 Å². The minimum absolute atomic E-state index is 0.359. The maximum Gasteiger partial charge on any atom is 0.0714 e. The van der Waals surface area contributed by atoms with Crippen molar-refractivity contribution < 1.29 is 0 Å². The van der Waals surface area contributed by atoms with E-state index in [1.54, 1.807) is 0 Å². The van der Waals surface area contributed by atoms with Crippen LogP contribution in [0.3, 0.4) is 0 Å². The monoisotopic (exact) mass is 817 g/mol. The summed E-state index contributed by atoms with van der Waals surface area (Å²) in [5, 5.41) is 2.65. The van der Waals surface area contributed by atoms with Gasteiger partial charge in [0.1, 0.15) is 0 Å². The molecule has 1 nitrogen and oxygen atoms in total. The lowest BCUT2D eigenvalue weighted by molar-refractivity contribution is 0.621. The van der Waals surface area contributed by atoms with E-state index in [-0.39, 0.29) is 0 Å². The van der Waals surface area contributed by atoms with Crippen molar-refractivity contribution in [2.75, 3.05) is 0 Å². The summed E-state index contributed by atoms with van der Waals surface area (Å²) < 4.78 is 0. The zero-order valence-electron chi connectivity index (χ0n) is 35.8. The number of hydrogen-bond donors (Lipinski definition) is 0. The van der Waals surface area contributed by atoms with Gasteiger partial charge in [-0.15, -0.1) is 0 Å². The largest absolute Gasteiger partial charge is 0.256 e. The van der Waals surface area contributed by atoms with Crippen LogP contribution in [0.2, 0.25) is 0 Å². The molecule has 0 aliphatic heterocycles. The summed E-state index contributed by atoms with van der Waals surface area (Å²) in [4.78, 5) is 4.85. The molecule has 12 rings (SSSR count). The predicted octanol–water partition coefficient (Wildman–Crippen LogP) is 15.5. The predicted molar refractivity (Wildman–Crippen MR) is 266 cm³/mol.